The Kier molecular flexibility index (Phi) is 4.02. The summed E-state index contributed by atoms with van der Waals surface area (Å²) < 4.78 is 8.19. The summed E-state index contributed by atoms with van der Waals surface area (Å²) in [5.41, 5.74) is 1.95. The standard InChI is InChI=1S/C21H27N3O2/c1-22-7-6-16-10-17(4-5-19(16)22)21(25)24-13-18-12-23(11-15-2-3-15)8-9-26-20(18)14-24/h4-7,10,15,18,20H,2-3,8-9,11-14H2,1H3/t18-,20+/m0/s1. The summed E-state index contributed by atoms with van der Waals surface area (Å²) in [4.78, 5) is 17.6. The number of nitrogens with zero attached hydrogens (tertiary/aromatic N) is 3. The number of carbonyl (C=O) groups excluding carboxylic acids is 1. The van der Waals surface area contributed by atoms with E-state index in [0.29, 0.717) is 5.92 Å². The van der Waals surface area contributed by atoms with Gasteiger partial charge in [0.2, 0.25) is 0 Å². The summed E-state index contributed by atoms with van der Waals surface area (Å²) >= 11 is 0. The van der Waals surface area contributed by atoms with Crippen LogP contribution in [0.15, 0.2) is 30.5 Å². The van der Waals surface area contributed by atoms with Crippen LogP contribution in [-0.2, 0) is 11.8 Å². The second kappa shape index (κ2) is 6.39. The van der Waals surface area contributed by atoms with Crippen LogP contribution in [0.3, 0.4) is 0 Å². The zero-order chi connectivity index (χ0) is 17.7. The Hall–Kier alpha value is -1.85. The van der Waals surface area contributed by atoms with Gasteiger partial charge in [-0.25, -0.2) is 0 Å². The maximum atomic E-state index is 13.0. The van der Waals surface area contributed by atoms with E-state index in [-0.39, 0.29) is 12.0 Å². The van der Waals surface area contributed by atoms with E-state index in [9.17, 15) is 4.79 Å². The molecule has 26 heavy (non-hydrogen) atoms. The monoisotopic (exact) mass is 353 g/mol. The fourth-order valence-electron chi connectivity index (χ4n) is 4.56. The van der Waals surface area contributed by atoms with Gasteiger partial charge < -0.3 is 19.1 Å². The molecule has 0 unspecified atom stereocenters. The molecule has 2 aliphatic heterocycles. The number of hydrogen-bond acceptors (Lipinski definition) is 3. The summed E-state index contributed by atoms with van der Waals surface area (Å²) in [7, 11) is 2.03. The zero-order valence-corrected chi connectivity index (χ0v) is 15.4. The highest BCUT2D eigenvalue weighted by Crippen LogP contribution is 2.32. The molecule has 1 saturated carbocycles. The average Bonchev–Trinajstić information content (AvgIpc) is 3.31. The molecule has 3 heterocycles. The Morgan fingerprint density at radius 3 is 2.92 bits per heavy atom. The van der Waals surface area contributed by atoms with Crippen molar-refractivity contribution in [2.45, 2.75) is 18.9 Å². The zero-order valence-electron chi connectivity index (χ0n) is 15.4. The van der Waals surface area contributed by atoms with E-state index in [0.717, 1.165) is 55.2 Å². The molecule has 5 nitrogen and oxygen atoms in total. The molecule has 0 radical (unpaired) electrons. The number of fused-ring (bicyclic) bond motifs is 2. The first kappa shape index (κ1) is 16.3. The van der Waals surface area contributed by atoms with Crippen LogP contribution < -0.4 is 0 Å². The van der Waals surface area contributed by atoms with E-state index < -0.39 is 0 Å². The normalized spacial score (nSPS) is 26.9. The van der Waals surface area contributed by atoms with Crippen LogP contribution in [0, 0.1) is 11.8 Å². The first-order chi connectivity index (χ1) is 12.7. The maximum absolute atomic E-state index is 13.0. The van der Waals surface area contributed by atoms with Crippen LogP contribution in [0.4, 0.5) is 0 Å². The highest BCUT2D eigenvalue weighted by Gasteiger charge is 2.39. The molecule has 1 aliphatic carbocycles. The molecule has 3 fully saturated rings. The molecular formula is C21H27N3O2. The van der Waals surface area contributed by atoms with Gasteiger partial charge in [0.05, 0.1) is 12.7 Å². The van der Waals surface area contributed by atoms with Gasteiger partial charge in [-0.1, -0.05) is 0 Å². The minimum absolute atomic E-state index is 0.140. The SMILES string of the molecule is Cn1ccc2cc(C(=O)N3C[C@@H]4CN(CC5CC5)CCO[C@@H]4C3)ccc21. The third-order valence-electron chi connectivity index (χ3n) is 6.25. The highest BCUT2D eigenvalue weighted by molar-refractivity contribution is 5.98. The molecule has 0 spiro atoms. The third-order valence-corrected chi connectivity index (χ3v) is 6.25. The van der Waals surface area contributed by atoms with Gasteiger partial charge in [0.15, 0.2) is 0 Å². The number of benzene rings is 1. The predicted molar refractivity (Wildman–Crippen MR) is 101 cm³/mol. The number of hydrogen-bond donors (Lipinski definition) is 0. The number of aromatic nitrogens is 1. The minimum atomic E-state index is 0.140. The van der Waals surface area contributed by atoms with Gasteiger partial charge in [-0.15, -0.1) is 0 Å². The summed E-state index contributed by atoms with van der Waals surface area (Å²) in [5, 5.41) is 1.12. The van der Waals surface area contributed by atoms with Crippen LogP contribution in [0.25, 0.3) is 10.9 Å². The van der Waals surface area contributed by atoms with Crippen LogP contribution >= 0.6 is 0 Å². The van der Waals surface area contributed by atoms with Crippen molar-refractivity contribution >= 4 is 16.8 Å². The Bertz CT molecular complexity index is 826. The van der Waals surface area contributed by atoms with Crippen LogP contribution in [-0.4, -0.2) is 65.7 Å². The second-order valence-corrected chi connectivity index (χ2v) is 8.28. The molecule has 5 heteroatoms. The van der Waals surface area contributed by atoms with E-state index >= 15 is 0 Å². The summed E-state index contributed by atoms with van der Waals surface area (Å²) in [6.45, 7) is 5.67. The van der Waals surface area contributed by atoms with Crippen LogP contribution in [0.1, 0.15) is 23.2 Å². The number of carbonyl (C=O) groups is 1. The lowest BCUT2D eigenvalue weighted by molar-refractivity contribution is 0.0484. The lowest BCUT2D eigenvalue weighted by Crippen LogP contribution is -2.35. The van der Waals surface area contributed by atoms with Crippen molar-refractivity contribution in [3.05, 3.63) is 36.0 Å². The van der Waals surface area contributed by atoms with Gasteiger partial charge in [0.25, 0.3) is 5.91 Å². The Balaban J connectivity index is 1.30. The van der Waals surface area contributed by atoms with Crippen molar-refractivity contribution < 1.29 is 9.53 Å². The molecule has 1 aromatic heterocycles. The van der Waals surface area contributed by atoms with E-state index in [1.807, 2.05) is 36.3 Å². The molecule has 138 valence electrons. The van der Waals surface area contributed by atoms with Crippen molar-refractivity contribution in [1.29, 1.82) is 0 Å². The van der Waals surface area contributed by atoms with Crippen molar-refractivity contribution in [2.24, 2.45) is 18.9 Å². The van der Waals surface area contributed by atoms with Gasteiger partial charge in [-0.05, 0) is 43.0 Å². The van der Waals surface area contributed by atoms with Gasteiger partial charge in [-0.3, -0.25) is 4.79 Å². The number of amides is 1. The number of ether oxygens (including phenoxy) is 1. The van der Waals surface area contributed by atoms with Crippen molar-refractivity contribution in [3.63, 3.8) is 0 Å². The quantitative estimate of drug-likeness (QED) is 0.850. The maximum Gasteiger partial charge on any atom is 0.253 e. The van der Waals surface area contributed by atoms with E-state index in [2.05, 4.69) is 15.5 Å². The third kappa shape index (κ3) is 3.03. The van der Waals surface area contributed by atoms with Crippen molar-refractivity contribution in [1.82, 2.24) is 14.4 Å². The smallest absolute Gasteiger partial charge is 0.253 e. The predicted octanol–water partition coefficient (Wildman–Crippen LogP) is 2.36. The number of aryl methyl sites for hydroxylation is 1. The van der Waals surface area contributed by atoms with Gasteiger partial charge in [-0.2, -0.15) is 0 Å². The molecular weight excluding hydrogens is 326 g/mol. The number of likely N-dealkylation sites (tertiary alicyclic amines) is 1. The molecule has 2 saturated heterocycles. The Morgan fingerprint density at radius 1 is 1.19 bits per heavy atom. The van der Waals surface area contributed by atoms with Crippen LogP contribution in [0.5, 0.6) is 0 Å². The Morgan fingerprint density at radius 2 is 2.08 bits per heavy atom. The van der Waals surface area contributed by atoms with Crippen LogP contribution in [0.2, 0.25) is 0 Å². The molecule has 2 aromatic rings. The van der Waals surface area contributed by atoms with E-state index in [4.69, 9.17) is 4.74 Å². The molecule has 5 rings (SSSR count). The second-order valence-electron chi connectivity index (χ2n) is 8.28. The van der Waals surface area contributed by atoms with Gasteiger partial charge in [0, 0.05) is 68.4 Å². The summed E-state index contributed by atoms with van der Waals surface area (Å²) in [5.74, 6) is 1.49. The fraction of sp³-hybridized carbons (Fsp3) is 0.571. The molecule has 1 amide bonds. The minimum Gasteiger partial charge on any atom is -0.375 e. The van der Waals surface area contributed by atoms with E-state index in [1.165, 1.54) is 19.4 Å². The molecule has 1 aromatic carbocycles. The molecule has 3 aliphatic rings. The van der Waals surface area contributed by atoms with Gasteiger partial charge >= 0.3 is 0 Å². The topological polar surface area (TPSA) is 37.7 Å². The number of rotatable bonds is 3. The van der Waals surface area contributed by atoms with E-state index in [1.54, 1.807) is 0 Å². The largest absolute Gasteiger partial charge is 0.375 e. The lowest BCUT2D eigenvalue weighted by Gasteiger charge is -2.23. The van der Waals surface area contributed by atoms with Gasteiger partial charge in [0.1, 0.15) is 0 Å². The molecule has 2 atom stereocenters. The fourth-order valence-corrected chi connectivity index (χ4v) is 4.56. The molecule has 0 bridgehead atoms. The van der Waals surface area contributed by atoms with Crippen molar-refractivity contribution in [2.75, 3.05) is 39.3 Å². The first-order valence-corrected chi connectivity index (χ1v) is 9.86. The lowest BCUT2D eigenvalue weighted by atomic mass is 10.1. The summed E-state index contributed by atoms with van der Waals surface area (Å²) in [6.07, 6.45) is 5.01. The van der Waals surface area contributed by atoms with Crippen molar-refractivity contribution in [3.8, 4) is 0 Å². The summed E-state index contributed by atoms with van der Waals surface area (Å²) in [6, 6.07) is 8.09. The molecule has 0 N–H and O–H groups in total. The Labute approximate surface area is 154 Å². The first-order valence-electron chi connectivity index (χ1n) is 9.86. The highest BCUT2D eigenvalue weighted by atomic mass is 16.5. The average molecular weight is 353 g/mol.